The molecule has 0 aliphatic carbocycles. The first kappa shape index (κ1) is 49.9. The van der Waals surface area contributed by atoms with Crippen molar-refractivity contribution in [3.63, 3.8) is 0 Å². The second-order valence-electron chi connectivity index (χ2n) is 1.98. The number of carbonyl (C=O) groups is 7. The van der Waals surface area contributed by atoms with Crippen molar-refractivity contribution >= 4 is 80.8 Å². The standard InChI is InChI=1S/7CH2O3.Ca.2H/c7*2-1(3)4;;;/h7*(H2,2,3,4);;;/q;;;;;;;+2;2*-1. The Labute approximate surface area is 188 Å². The molecular formula is C7H16CaO21. The van der Waals surface area contributed by atoms with Crippen molar-refractivity contribution in [3.8, 4) is 0 Å². The molecule has 0 unspecified atom stereocenters. The quantitative estimate of drug-likeness (QED) is 0.219. The fourth-order valence-corrected chi connectivity index (χ4v) is 0. The molecule has 29 heavy (non-hydrogen) atoms. The minimum atomic E-state index is -1.83. The second-order valence-corrected chi connectivity index (χ2v) is 1.98. The third-order valence-corrected chi connectivity index (χ3v) is 0. The minimum Gasteiger partial charge on any atom is -1.00 e. The van der Waals surface area contributed by atoms with Gasteiger partial charge in [0.05, 0.1) is 0 Å². The summed E-state index contributed by atoms with van der Waals surface area (Å²) in [5.74, 6) is 0. The predicted molar refractivity (Wildman–Crippen MR) is 82.6 cm³/mol. The molecule has 172 valence electrons. The van der Waals surface area contributed by atoms with Gasteiger partial charge in [-0.15, -0.1) is 0 Å². The van der Waals surface area contributed by atoms with Gasteiger partial charge in [0.1, 0.15) is 0 Å². The summed E-state index contributed by atoms with van der Waals surface area (Å²) in [6, 6.07) is 0. The molecule has 0 atom stereocenters. The van der Waals surface area contributed by atoms with Gasteiger partial charge in [0, 0.05) is 0 Å². The molecule has 22 heteroatoms. The van der Waals surface area contributed by atoms with Gasteiger partial charge in [-0.05, 0) is 0 Å². The smallest absolute Gasteiger partial charge is 1.00 e. The summed E-state index contributed by atoms with van der Waals surface area (Å²) >= 11 is 0. The van der Waals surface area contributed by atoms with Crippen LogP contribution < -0.4 is 0 Å². The Morgan fingerprint density at radius 1 is 0.276 bits per heavy atom. The van der Waals surface area contributed by atoms with Gasteiger partial charge in [0.2, 0.25) is 0 Å². The van der Waals surface area contributed by atoms with Crippen LogP contribution in [0.2, 0.25) is 0 Å². The van der Waals surface area contributed by atoms with E-state index in [1.165, 1.54) is 0 Å². The van der Waals surface area contributed by atoms with Gasteiger partial charge in [-0.3, -0.25) is 0 Å². The average Bonchev–Trinajstić information content (AvgIpc) is 2.20. The van der Waals surface area contributed by atoms with E-state index in [1.54, 1.807) is 0 Å². The van der Waals surface area contributed by atoms with E-state index < -0.39 is 43.1 Å². The Morgan fingerprint density at radius 2 is 0.276 bits per heavy atom. The largest absolute Gasteiger partial charge is 2.00 e. The van der Waals surface area contributed by atoms with Crippen LogP contribution in [-0.2, 0) is 0 Å². The maximum absolute atomic E-state index is 8.56. The Morgan fingerprint density at radius 3 is 0.276 bits per heavy atom. The fourth-order valence-electron chi connectivity index (χ4n) is 0. The molecule has 0 aromatic heterocycles. The molecule has 0 aliphatic heterocycles. The van der Waals surface area contributed by atoms with Crippen LogP contribution in [0.3, 0.4) is 0 Å². The van der Waals surface area contributed by atoms with Crippen LogP contribution in [0, 0.1) is 0 Å². The molecule has 0 aliphatic rings. The maximum Gasteiger partial charge on any atom is 2.00 e. The SMILES string of the molecule is O=C(O)O.O=C(O)O.O=C(O)O.O=C(O)O.O=C(O)O.O=C(O)O.O=C(O)O.[Ca+2].[H-].[H-]. The monoisotopic (exact) mass is 476 g/mol. The van der Waals surface area contributed by atoms with Crippen molar-refractivity contribution < 1.29 is 108 Å². The van der Waals surface area contributed by atoms with Crippen LogP contribution in [0.5, 0.6) is 0 Å². The predicted octanol–water partition coefficient (Wildman–Crippen LogP) is 1.40. The van der Waals surface area contributed by atoms with Gasteiger partial charge in [-0.2, -0.15) is 0 Å². The zero-order valence-corrected chi connectivity index (χ0v) is 15.5. The molecular weight excluding hydrogens is 460 g/mol. The molecule has 0 saturated carbocycles. The van der Waals surface area contributed by atoms with Crippen molar-refractivity contribution in [2.45, 2.75) is 0 Å². The van der Waals surface area contributed by atoms with Crippen LogP contribution in [0.1, 0.15) is 2.85 Å². The second kappa shape index (κ2) is 44.0. The van der Waals surface area contributed by atoms with Crippen LogP contribution >= 0.6 is 0 Å². The third-order valence-electron chi connectivity index (χ3n) is 0. The van der Waals surface area contributed by atoms with Crippen molar-refractivity contribution in [2.75, 3.05) is 0 Å². The summed E-state index contributed by atoms with van der Waals surface area (Å²) < 4.78 is 0. The van der Waals surface area contributed by atoms with E-state index in [4.69, 9.17) is 105 Å². The molecule has 14 N–H and O–H groups in total. The van der Waals surface area contributed by atoms with Gasteiger partial charge < -0.3 is 74.3 Å². The number of rotatable bonds is 0. The van der Waals surface area contributed by atoms with Gasteiger partial charge in [0.25, 0.3) is 0 Å². The summed E-state index contributed by atoms with van der Waals surface area (Å²) in [6.45, 7) is 0. The normalized spacial score (nSPS) is 5.79. The molecule has 0 amide bonds. The maximum atomic E-state index is 8.56. The molecule has 0 heterocycles. The van der Waals surface area contributed by atoms with Crippen molar-refractivity contribution in [1.82, 2.24) is 0 Å². The first-order valence-electron chi connectivity index (χ1n) is 4.56. The minimum absolute atomic E-state index is 0. The van der Waals surface area contributed by atoms with E-state index in [1.807, 2.05) is 0 Å². The third kappa shape index (κ3) is 799. The van der Waals surface area contributed by atoms with Crippen LogP contribution in [0.15, 0.2) is 0 Å². The number of hydrogen-bond donors (Lipinski definition) is 14. The summed E-state index contributed by atoms with van der Waals surface area (Å²) in [5, 5.41) is 97.6. The van der Waals surface area contributed by atoms with E-state index >= 15 is 0 Å². The summed E-state index contributed by atoms with van der Waals surface area (Å²) in [7, 11) is 0. The zero-order valence-electron chi connectivity index (χ0n) is 15.3. The summed E-state index contributed by atoms with van der Waals surface area (Å²) in [6.07, 6.45) is -12.8. The van der Waals surface area contributed by atoms with Gasteiger partial charge >= 0.3 is 80.8 Å². The molecule has 0 fully saturated rings. The molecule has 0 spiro atoms. The van der Waals surface area contributed by atoms with Crippen molar-refractivity contribution in [3.05, 3.63) is 0 Å². The van der Waals surface area contributed by atoms with Crippen LogP contribution in [-0.4, -0.2) is 152 Å². The Balaban J connectivity index is -0.0000000204. The average molecular weight is 476 g/mol. The number of hydrogen-bond acceptors (Lipinski definition) is 7. The van der Waals surface area contributed by atoms with E-state index in [0.717, 1.165) is 0 Å². The molecule has 21 nitrogen and oxygen atoms in total. The van der Waals surface area contributed by atoms with Gasteiger partial charge in [0.15, 0.2) is 0 Å². The van der Waals surface area contributed by atoms with Crippen molar-refractivity contribution in [2.24, 2.45) is 0 Å². The summed E-state index contributed by atoms with van der Waals surface area (Å²) in [4.78, 5) is 59.9. The first-order chi connectivity index (χ1) is 12.1. The van der Waals surface area contributed by atoms with E-state index in [9.17, 15) is 0 Å². The molecule has 0 aromatic carbocycles. The Hall–Kier alpha value is -3.85. The van der Waals surface area contributed by atoms with Crippen molar-refractivity contribution in [1.29, 1.82) is 0 Å². The first-order valence-corrected chi connectivity index (χ1v) is 4.56. The van der Waals surface area contributed by atoms with E-state index in [2.05, 4.69) is 0 Å². The zero-order chi connectivity index (χ0) is 25.0. The van der Waals surface area contributed by atoms with Gasteiger partial charge in [-0.1, -0.05) is 0 Å². The fraction of sp³-hybridized carbons (Fsp3) is 0. The number of carboxylic acid groups (broad SMARTS) is 14. The van der Waals surface area contributed by atoms with Gasteiger partial charge in [-0.25, -0.2) is 33.6 Å². The molecule has 0 radical (unpaired) electrons. The summed E-state index contributed by atoms with van der Waals surface area (Å²) in [5.41, 5.74) is 0. The van der Waals surface area contributed by atoms with E-state index in [-0.39, 0.29) is 40.6 Å². The Kier molecular flexibility index (Phi) is 75.7. The molecule has 0 rings (SSSR count). The van der Waals surface area contributed by atoms with Crippen LogP contribution in [0.4, 0.5) is 33.6 Å². The molecule has 0 saturated heterocycles. The van der Waals surface area contributed by atoms with E-state index in [0.29, 0.717) is 0 Å². The topological polar surface area (TPSA) is 403 Å². The molecule has 0 bridgehead atoms. The van der Waals surface area contributed by atoms with Crippen LogP contribution in [0.25, 0.3) is 0 Å². The molecule has 0 aromatic rings. The Bertz CT molecular complexity index is 319.